The lowest BCUT2D eigenvalue weighted by Crippen LogP contribution is -2.50. The fourth-order valence-electron chi connectivity index (χ4n) is 5.26. The van der Waals surface area contributed by atoms with E-state index < -0.39 is 10.0 Å². The molecule has 8 heteroatoms. The van der Waals surface area contributed by atoms with Gasteiger partial charge in [-0.25, -0.2) is 8.42 Å². The molecule has 2 aromatic rings. The smallest absolute Gasteiger partial charge is 0.253 e. The second-order valence-electron chi connectivity index (χ2n) is 9.57. The minimum Gasteiger partial charge on any atom is -0.336 e. The van der Waals surface area contributed by atoms with Gasteiger partial charge >= 0.3 is 0 Å². The number of benzene rings is 2. The maximum absolute atomic E-state index is 13.4. The van der Waals surface area contributed by atoms with Gasteiger partial charge in [0.2, 0.25) is 10.0 Å². The molecule has 5 rings (SSSR count). The third-order valence-corrected chi connectivity index (χ3v) is 9.25. The van der Waals surface area contributed by atoms with Crippen molar-refractivity contribution in [1.29, 1.82) is 0 Å². The number of hydrogen-bond donors (Lipinski definition) is 0. The van der Waals surface area contributed by atoms with Gasteiger partial charge in [0, 0.05) is 57.9 Å². The van der Waals surface area contributed by atoms with Crippen LogP contribution in [0.3, 0.4) is 0 Å². The number of nitrogens with zero attached hydrogens (tertiary/aromatic N) is 4. The lowest BCUT2D eigenvalue weighted by molar-refractivity contribution is 0.0626. The van der Waals surface area contributed by atoms with Gasteiger partial charge in [0.05, 0.1) is 4.90 Å². The maximum atomic E-state index is 13.4. The molecule has 3 heterocycles. The summed E-state index contributed by atoms with van der Waals surface area (Å²) >= 11 is 0. The van der Waals surface area contributed by atoms with E-state index in [4.69, 9.17) is 0 Å². The number of hydrogen-bond acceptors (Lipinski definition) is 5. The molecule has 3 aliphatic heterocycles. The zero-order valence-corrected chi connectivity index (χ0v) is 20.5. The van der Waals surface area contributed by atoms with Gasteiger partial charge in [-0.05, 0) is 61.7 Å². The Balaban J connectivity index is 1.21. The highest BCUT2D eigenvalue weighted by molar-refractivity contribution is 7.89. The lowest BCUT2D eigenvalue weighted by Gasteiger charge is -2.35. The minimum atomic E-state index is -3.67. The highest BCUT2D eigenvalue weighted by Crippen LogP contribution is 2.25. The molecule has 0 atom stereocenters. The molecule has 7 nitrogen and oxygen atoms in total. The lowest BCUT2D eigenvalue weighted by atomic mass is 10.0. The summed E-state index contributed by atoms with van der Waals surface area (Å²) in [4.78, 5) is 20.2. The molecule has 0 radical (unpaired) electrons. The fraction of sp³-hybridized carbons (Fsp3) is 0.500. The first-order valence-corrected chi connectivity index (χ1v) is 13.9. The fourth-order valence-corrected chi connectivity index (χ4v) is 6.73. The highest BCUT2D eigenvalue weighted by Gasteiger charge is 2.29. The van der Waals surface area contributed by atoms with E-state index in [0.717, 1.165) is 31.7 Å². The van der Waals surface area contributed by atoms with E-state index in [2.05, 4.69) is 15.9 Å². The number of carbonyl (C=O) groups is 1. The average Bonchev–Trinajstić information content (AvgIpc) is 3.41. The van der Waals surface area contributed by atoms with Crippen molar-refractivity contribution in [2.24, 2.45) is 0 Å². The largest absolute Gasteiger partial charge is 0.336 e. The van der Waals surface area contributed by atoms with Crippen molar-refractivity contribution in [3.8, 4) is 0 Å². The number of carbonyl (C=O) groups excluding carboxylic acids is 1. The van der Waals surface area contributed by atoms with Crippen LogP contribution in [0.1, 0.15) is 34.3 Å². The molecule has 34 heavy (non-hydrogen) atoms. The monoisotopic (exact) mass is 482 g/mol. The Hall–Kier alpha value is -2.26. The molecule has 2 saturated heterocycles. The van der Waals surface area contributed by atoms with Crippen molar-refractivity contribution in [1.82, 2.24) is 19.0 Å². The van der Waals surface area contributed by atoms with Crippen LogP contribution in [0.2, 0.25) is 0 Å². The molecule has 0 spiro atoms. The van der Waals surface area contributed by atoms with Crippen LogP contribution in [0.25, 0.3) is 0 Å². The summed E-state index contributed by atoms with van der Waals surface area (Å²) in [5.74, 6) is -0.0831. The van der Waals surface area contributed by atoms with Gasteiger partial charge in [-0.2, -0.15) is 4.31 Å². The number of fused-ring (bicyclic) bond motifs is 1. The van der Waals surface area contributed by atoms with E-state index in [1.54, 1.807) is 24.3 Å². The molecular formula is C26H34N4O3S. The van der Waals surface area contributed by atoms with Crippen LogP contribution >= 0.6 is 0 Å². The van der Waals surface area contributed by atoms with Crippen LogP contribution in [0, 0.1) is 0 Å². The van der Waals surface area contributed by atoms with E-state index in [1.807, 2.05) is 23.1 Å². The summed E-state index contributed by atoms with van der Waals surface area (Å²) < 4.78 is 28.3. The van der Waals surface area contributed by atoms with Gasteiger partial charge in [0.15, 0.2) is 0 Å². The SMILES string of the molecule is O=C(c1cccc(S(=O)(=O)N2CCc3ccccc3C2)c1)N1CCN(CCN2CCCC2)CC1. The van der Waals surface area contributed by atoms with Crippen molar-refractivity contribution >= 4 is 15.9 Å². The van der Waals surface area contributed by atoms with E-state index >= 15 is 0 Å². The van der Waals surface area contributed by atoms with Crippen LogP contribution in [-0.4, -0.2) is 92.2 Å². The van der Waals surface area contributed by atoms with Gasteiger partial charge in [-0.15, -0.1) is 0 Å². The minimum absolute atomic E-state index is 0.0831. The van der Waals surface area contributed by atoms with Gasteiger partial charge in [0.1, 0.15) is 0 Å². The number of piperazine rings is 1. The topological polar surface area (TPSA) is 64.2 Å². The Labute approximate surface area is 203 Å². The molecule has 0 unspecified atom stereocenters. The quantitative estimate of drug-likeness (QED) is 0.632. The standard InChI is InChI=1S/C26H34N4O3S/c31-26(29-18-16-28(17-19-29)15-14-27-11-3-4-12-27)23-8-5-9-25(20-23)34(32,33)30-13-10-22-6-1-2-7-24(22)21-30/h1-2,5-9,20H,3-4,10-19,21H2. The number of amides is 1. The predicted molar refractivity (Wildman–Crippen MR) is 132 cm³/mol. The van der Waals surface area contributed by atoms with Crippen molar-refractivity contribution < 1.29 is 13.2 Å². The summed E-state index contributed by atoms with van der Waals surface area (Å²) in [6.07, 6.45) is 3.32. The highest BCUT2D eigenvalue weighted by atomic mass is 32.2. The first-order chi connectivity index (χ1) is 16.5. The van der Waals surface area contributed by atoms with Gasteiger partial charge in [-0.3, -0.25) is 9.69 Å². The summed E-state index contributed by atoms with van der Waals surface area (Å²) in [5, 5.41) is 0. The molecule has 0 aromatic heterocycles. The van der Waals surface area contributed by atoms with Gasteiger partial charge in [-0.1, -0.05) is 30.3 Å². The summed E-state index contributed by atoms with van der Waals surface area (Å²) in [7, 11) is -3.67. The second-order valence-corrected chi connectivity index (χ2v) is 11.5. The molecule has 0 bridgehead atoms. The Morgan fingerprint density at radius 2 is 1.44 bits per heavy atom. The summed E-state index contributed by atoms with van der Waals surface area (Å²) in [6, 6.07) is 14.6. The van der Waals surface area contributed by atoms with E-state index in [0.29, 0.717) is 38.2 Å². The third-order valence-electron chi connectivity index (χ3n) is 7.41. The predicted octanol–water partition coefficient (Wildman–Crippen LogP) is 2.29. The van der Waals surface area contributed by atoms with Crippen molar-refractivity contribution in [3.63, 3.8) is 0 Å². The Morgan fingerprint density at radius 3 is 2.18 bits per heavy atom. The molecule has 182 valence electrons. The zero-order chi connectivity index (χ0) is 23.5. The van der Waals surface area contributed by atoms with Gasteiger partial charge < -0.3 is 9.80 Å². The van der Waals surface area contributed by atoms with Crippen molar-refractivity contribution in [2.75, 3.05) is 58.9 Å². The van der Waals surface area contributed by atoms with Crippen molar-refractivity contribution in [3.05, 3.63) is 65.2 Å². The molecule has 0 saturated carbocycles. The normalized spacial score (nSPS) is 20.4. The molecular weight excluding hydrogens is 448 g/mol. The number of sulfonamides is 1. The van der Waals surface area contributed by atoms with E-state index in [1.165, 1.54) is 35.8 Å². The van der Waals surface area contributed by atoms with Crippen molar-refractivity contribution in [2.45, 2.75) is 30.7 Å². The Kier molecular flexibility index (Phi) is 7.01. The van der Waals surface area contributed by atoms with E-state index in [9.17, 15) is 13.2 Å². The molecule has 1 amide bonds. The zero-order valence-electron chi connectivity index (χ0n) is 19.7. The van der Waals surface area contributed by atoms with E-state index in [-0.39, 0.29) is 10.8 Å². The van der Waals surface area contributed by atoms with Gasteiger partial charge in [0.25, 0.3) is 5.91 Å². The van der Waals surface area contributed by atoms with Crippen LogP contribution in [0.5, 0.6) is 0 Å². The summed E-state index contributed by atoms with van der Waals surface area (Å²) in [6.45, 7) is 8.49. The number of likely N-dealkylation sites (tertiary alicyclic amines) is 1. The third kappa shape index (κ3) is 5.05. The Morgan fingerprint density at radius 1 is 0.765 bits per heavy atom. The Bertz CT molecular complexity index is 1120. The second kappa shape index (κ2) is 10.2. The molecule has 0 N–H and O–H groups in total. The first kappa shape index (κ1) is 23.5. The van der Waals surface area contributed by atoms with Crippen LogP contribution in [-0.2, 0) is 23.0 Å². The molecule has 2 aromatic carbocycles. The number of rotatable bonds is 6. The molecule has 3 aliphatic rings. The van der Waals surface area contributed by atoms with Crippen LogP contribution in [0.4, 0.5) is 0 Å². The molecule has 0 aliphatic carbocycles. The van der Waals surface area contributed by atoms with Crippen LogP contribution < -0.4 is 0 Å². The molecule has 2 fully saturated rings. The first-order valence-electron chi connectivity index (χ1n) is 12.4. The summed E-state index contributed by atoms with van der Waals surface area (Å²) in [5.41, 5.74) is 2.70. The maximum Gasteiger partial charge on any atom is 0.253 e. The van der Waals surface area contributed by atoms with Crippen LogP contribution in [0.15, 0.2) is 53.4 Å². The average molecular weight is 483 g/mol.